The zero-order valence-corrected chi connectivity index (χ0v) is 21.5. The highest BCUT2D eigenvalue weighted by atomic mass is 16.6. The molecule has 3 N–H and O–H groups in total. The van der Waals surface area contributed by atoms with Gasteiger partial charge in [0.25, 0.3) is 0 Å². The molecule has 12 atom stereocenters. The van der Waals surface area contributed by atoms with Crippen LogP contribution in [0.25, 0.3) is 0 Å². The summed E-state index contributed by atoms with van der Waals surface area (Å²) in [6.07, 6.45) is -5.78. The molecule has 37 heavy (non-hydrogen) atoms. The molecule has 11 nitrogen and oxygen atoms in total. The lowest BCUT2D eigenvalue weighted by Gasteiger charge is -2.68. The number of carbonyl (C=O) groups excluding carboxylic acids is 4. The van der Waals surface area contributed by atoms with Gasteiger partial charge in [0, 0.05) is 23.3 Å². The molecular formula is C26H34O11. The third-order valence-electron chi connectivity index (χ3n) is 9.87. The normalized spacial score (nSPS) is 49.8. The summed E-state index contributed by atoms with van der Waals surface area (Å²) in [5.41, 5.74) is -3.75. The predicted octanol–water partition coefficient (Wildman–Crippen LogP) is -0.318. The van der Waals surface area contributed by atoms with Crippen molar-refractivity contribution in [3.63, 3.8) is 0 Å². The summed E-state index contributed by atoms with van der Waals surface area (Å²) < 4.78 is 22.5. The summed E-state index contributed by atoms with van der Waals surface area (Å²) in [6.45, 7) is 6.70. The van der Waals surface area contributed by atoms with Gasteiger partial charge in [0.15, 0.2) is 5.78 Å². The Kier molecular flexibility index (Phi) is 5.91. The SMILES string of the molecule is COC(=O)[C@]12OC[C@]34[C@H]([C@@H](O)[C@@H]1O)[C@@]1(C)C[C@@H](O)C(=O)[C@@H](C)[C@@H]1C[C@H]3OC(=O)[C@H](OC(=O)C=C(C)C)[C@@H]24. The molecule has 0 amide bonds. The van der Waals surface area contributed by atoms with Crippen molar-refractivity contribution in [2.24, 2.45) is 34.5 Å². The van der Waals surface area contributed by atoms with Crippen LogP contribution < -0.4 is 0 Å². The van der Waals surface area contributed by atoms with Gasteiger partial charge in [-0.3, -0.25) is 4.79 Å². The van der Waals surface area contributed by atoms with Crippen LogP contribution in [0.1, 0.15) is 40.5 Å². The van der Waals surface area contributed by atoms with Gasteiger partial charge in [0.1, 0.15) is 18.3 Å². The van der Waals surface area contributed by atoms with Crippen LogP contribution in [0.4, 0.5) is 0 Å². The van der Waals surface area contributed by atoms with Gasteiger partial charge in [0.2, 0.25) is 11.7 Å². The molecule has 204 valence electrons. The number of hydrogen-bond acceptors (Lipinski definition) is 11. The number of rotatable bonds is 3. The Morgan fingerprint density at radius 2 is 1.81 bits per heavy atom. The maximum atomic E-state index is 13.4. The number of fused-ring (bicyclic) bond motifs is 2. The minimum absolute atomic E-state index is 0.0118. The first-order valence-corrected chi connectivity index (χ1v) is 12.6. The highest BCUT2D eigenvalue weighted by Gasteiger charge is 2.85. The van der Waals surface area contributed by atoms with Gasteiger partial charge in [-0.05, 0) is 38.0 Å². The molecule has 0 unspecified atom stereocenters. The van der Waals surface area contributed by atoms with E-state index in [0.29, 0.717) is 5.57 Å². The topological polar surface area (TPSA) is 166 Å². The van der Waals surface area contributed by atoms with Crippen molar-refractivity contribution in [2.45, 2.75) is 76.7 Å². The molecule has 3 saturated carbocycles. The number of methoxy groups -OCH3 is 1. The number of hydrogen-bond donors (Lipinski definition) is 3. The number of Topliss-reactive ketones (excluding diaryl/α,β-unsaturated/α-hetero) is 1. The van der Waals surface area contributed by atoms with E-state index >= 15 is 0 Å². The van der Waals surface area contributed by atoms with Crippen molar-refractivity contribution in [3.8, 4) is 0 Å². The lowest BCUT2D eigenvalue weighted by atomic mass is 9.37. The second kappa shape index (κ2) is 8.33. The highest BCUT2D eigenvalue weighted by molar-refractivity contribution is 5.90. The Bertz CT molecular complexity index is 1080. The van der Waals surface area contributed by atoms with Gasteiger partial charge in [-0.1, -0.05) is 19.4 Å². The minimum atomic E-state index is -2.20. The number of aliphatic hydroxyl groups is 3. The number of aliphatic hydroxyl groups excluding tert-OH is 3. The van der Waals surface area contributed by atoms with E-state index in [2.05, 4.69) is 0 Å². The van der Waals surface area contributed by atoms with Crippen LogP contribution in [0.2, 0.25) is 0 Å². The highest BCUT2D eigenvalue weighted by Crippen LogP contribution is 2.73. The maximum Gasteiger partial charge on any atom is 0.348 e. The summed E-state index contributed by atoms with van der Waals surface area (Å²) in [4.78, 5) is 52.1. The lowest BCUT2D eigenvalue weighted by molar-refractivity contribution is -0.299. The van der Waals surface area contributed by atoms with Crippen LogP contribution in [0.15, 0.2) is 11.6 Å². The molecule has 0 aromatic heterocycles. The van der Waals surface area contributed by atoms with E-state index in [4.69, 9.17) is 18.9 Å². The Hall–Kier alpha value is -2.34. The van der Waals surface area contributed by atoms with E-state index in [1.165, 1.54) is 6.08 Å². The van der Waals surface area contributed by atoms with Crippen LogP contribution >= 0.6 is 0 Å². The van der Waals surface area contributed by atoms with Crippen LogP contribution in [0.3, 0.4) is 0 Å². The molecule has 2 heterocycles. The third kappa shape index (κ3) is 3.14. The van der Waals surface area contributed by atoms with Gasteiger partial charge in [0.05, 0.1) is 25.7 Å². The number of ether oxygens (including phenoxy) is 4. The average Bonchev–Trinajstić information content (AvgIpc) is 3.12. The maximum absolute atomic E-state index is 13.4. The van der Waals surface area contributed by atoms with Gasteiger partial charge in [-0.25, -0.2) is 14.4 Å². The third-order valence-corrected chi connectivity index (χ3v) is 9.87. The molecule has 5 aliphatic rings. The Balaban J connectivity index is 1.72. The van der Waals surface area contributed by atoms with Crippen LogP contribution in [0, 0.1) is 34.5 Å². The molecule has 3 aliphatic carbocycles. The fourth-order valence-electron chi connectivity index (χ4n) is 8.63. The number of esters is 3. The van der Waals surface area contributed by atoms with Crippen LogP contribution in [-0.2, 0) is 38.1 Å². The molecule has 0 radical (unpaired) electrons. The first kappa shape index (κ1) is 26.3. The van der Waals surface area contributed by atoms with Crippen molar-refractivity contribution in [1.29, 1.82) is 0 Å². The van der Waals surface area contributed by atoms with E-state index in [-0.39, 0.29) is 25.2 Å². The van der Waals surface area contributed by atoms with Crippen LogP contribution in [0.5, 0.6) is 0 Å². The molecule has 2 saturated heterocycles. The molecule has 2 aliphatic heterocycles. The predicted molar refractivity (Wildman–Crippen MR) is 122 cm³/mol. The molecule has 11 heteroatoms. The molecule has 0 aromatic rings. The summed E-state index contributed by atoms with van der Waals surface area (Å²) >= 11 is 0. The van der Waals surface area contributed by atoms with Crippen molar-refractivity contribution in [3.05, 3.63) is 11.6 Å². The van der Waals surface area contributed by atoms with Gasteiger partial charge in [-0.15, -0.1) is 0 Å². The van der Waals surface area contributed by atoms with Crippen LogP contribution in [-0.4, -0.2) is 88.8 Å². The van der Waals surface area contributed by atoms with E-state index in [9.17, 15) is 34.5 Å². The largest absolute Gasteiger partial charge is 0.467 e. The summed E-state index contributed by atoms with van der Waals surface area (Å²) in [6, 6.07) is 0. The number of ketones is 1. The first-order valence-electron chi connectivity index (χ1n) is 12.6. The van der Waals surface area contributed by atoms with E-state index in [0.717, 1.165) is 7.11 Å². The molecular weight excluding hydrogens is 488 g/mol. The van der Waals surface area contributed by atoms with Gasteiger partial charge in [-0.2, -0.15) is 0 Å². The molecule has 2 bridgehead atoms. The van der Waals surface area contributed by atoms with Crippen molar-refractivity contribution < 1.29 is 53.4 Å². The first-order chi connectivity index (χ1) is 17.3. The van der Waals surface area contributed by atoms with Gasteiger partial charge < -0.3 is 34.3 Å². The average molecular weight is 523 g/mol. The summed E-state index contributed by atoms with van der Waals surface area (Å²) in [5, 5.41) is 33.9. The standard InChI is InChI=1S/C26H34O11/c1-10(2)6-15(28)37-18-20-25-9-35-26(20,23(33)34-5)21(31)17(30)19(25)24(4)8-13(27)16(29)11(3)12(24)7-14(25)36-22(18)32/h6,11-14,17-21,27,30-31H,7-9H2,1-5H3/t11-,12-,13+,14+,17+,18+,19+,20+,21-,24-,25+,26+/m0/s1. The summed E-state index contributed by atoms with van der Waals surface area (Å²) in [7, 11) is 1.10. The quantitative estimate of drug-likeness (QED) is 0.253. The zero-order valence-electron chi connectivity index (χ0n) is 21.5. The number of carbonyl (C=O) groups is 4. The van der Waals surface area contributed by atoms with Gasteiger partial charge >= 0.3 is 17.9 Å². The number of allylic oxidation sites excluding steroid dienone is 1. The minimum Gasteiger partial charge on any atom is -0.467 e. The van der Waals surface area contributed by atoms with E-state index in [1.54, 1.807) is 20.8 Å². The van der Waals surface area contributed by atoms with Crippen molar-refractivity contribution in [1.82, 2.24) is 0 Å². The van der Waals surface area contributed by atoms with E-state index < -0.39 is 88.5 Å². The fourth-order valence-corrected chi connectivity index (χ4v) is 8.63. The molecule has 5 rings (SSSR count). The fraction of sp³-hybridized carbons (Fsp3) is 0.769. The van der Waals surface area contributed by atoms with Crippen molar-refractivity contribution >= 4 is 23.7 Å². The smallest absolute Gasteiger partial charge is 0.348 e. The van der Waals surface area contributed by atoms with E-state index in [1.807, 2.05) is 6.92 Å². The Morgan fingerprint density at radius 1 is 1.14 bits per heavy atom. The summed E-state index contributed by atoms with van der Waals surface area (Å²) in [5.74, 6) is -6.17. The monoisotopic (exact) mass is 522 g/mol. The second-order valence-electron chi connectivity index (χ2n) is 11.8. The zero-order chi connectivity index (χ0) is 27.2. The molecule has 1 spiro atoms. The second-order valence-corrected chi connectivity index (χ2v) is 11.8. The Labute approximate surface area is 214 Å². The molecule has 5 fully saturated rings. The Morgan fingerprint density at radius 3 is 2.43 bits per heavy atom. The van der Waals surface area contributed by atoms with Crippen molar-refractivity contribution in [2.75, 3.05) is 13.7 Å². The lowest BCUT2D eigenvalue weighted by Crippen LogP contribution is -2.79. The molecule has 0 aromatic carbocycles.